The summed E-state index contributed by atoms with van der Waals surface area (Å²) in [6, 6.07) is 21.4. The summed E-state index contributed by atoms with van der Waals surface area (Å²) in [7, 11) is 0. The average molecular weight is 585 g/mol. The Labute approximate surface area is 252 Å². The molecule has 0 atom stereocenters. The topological polar surface area (TPSA) is 31.4 Å². The second kappa shape index (κ2) is 10.3. The normalized spacial score (nSPS) is 14.0. The number of ether oxygens (including phenoxy) is 2. The van der Waals surface area contributed by atoms with Crippen LogP contribution in [0.1, 0.15) is 58.2 Å². The van der Waals surface area contributed by atoms with Gasteiger partial charge in [0.2, 0.25) is 0 Å². The number of pyridine rings is 1. The van der Waals surface area contributed by atoms with Gasteiger partial charge in [0.1, 0.15) is 5.75 Å². The van der Waals surface area contributed by atoms with Crippen molar-refractivity contribution >= 4 is 44.7 Å². The highest BCUT2D eigenvalue weighted by molar-refractivity contribution is 6.39. The lowest BCUT2D eigenvalue weighted by molar-refractivity contribution is 0.0221. The first-order valence-electron chi connectivity index (χ1n) is 14.2. The predicted molar refractivity (Wildman–Crippen MR) is 173 cm³/mol. The zero-order chi connectivity index (χ0) is 29.1. The number of hydrogen-bond acceptors (Lipinski definition) is 3. The summed E-state index contributed by atoms with van der Waals surface area (Å²) in [5, 5.41) is 5.30. The number of halogens is 2. The maximum Gasteiger partial charge on any atom is 0.189 e. The van der Waals surface area contributed by atoms with Crippen molar-refractivity contribution in [2.24, 2.45) is 5.41 Å². The molecule has 0 unspecified atom stereocenters. The zero-order valence-corrected chi connectivity index (χ0v) is 26.0. The van der Waals surface area contributed by atoms with E-state index < -0.39 is 0 Å². The summed E-state index contributed by atoms with van der Waals surface area (Å²) in [5.41, 5.74) is 8.00. The highest BCUT2D eigenvalue weighted by Gasteiger charge is 2.36. The van der Waals surface area contributed by atoms with Gasteiger partial charge in [0.15, 0.2) is 6.79 Å². The van der Waals surface area contributed by atoms with Gasteiger partial charge in [-0.3, -0.25) is 4.98 Å². The molecule has 5 heteroatoms. The molecule has 1 aliphatic carbocycles. The number of rotatable bonds is 6. The van der Waals surface area contributed by atoms with E-state index in [-0.39, 0.29) is 17.6 Å². The molecule has 0 bridgehead atoms. The summed E-state index contributed by atoms with van der Waals surface area (Å²) in [4.78, 5) is 4.88. The maximum atomic E-state index is 6.84. The first kappa shape index (κ1) is 28.0. The van der Waals surface area contributed by atoms with Crippen molar-refractivity contribution in [3.8, 4) is 28.1 Å². The highest BCUT2D eigenvalue weighted by Crippen LogP contribution is 2.52. The Morgan fingerprint density at radius 1 is 0.854 bits per heavy atom. The monoisotopic (exact) mass is 583 g/mol. The largest absolute Gasteiger partial charge is 0.467 e. The smallest absolute Gasteiger partial charge is 0.189 e. The van der Waals surface area contributed by atoms with Crippen molar-refractivity contribution in [2.45, 2.75) is 53.4 Å². The van der Waals surface area contributed by atoms with Gasteiger partial charge in [0.25, 0.3) is 0 Å². The number of hydrogen-bond donors (Lipinski definition) is 0. The molecule has 1 aromatic heterocycles. The minimum absolute atomic E-state index is 0.00409. The molecule has 5 aromatic rings. The molecule has 0 aliphatic heterocycles. The van der Waals surface area contributed by atoms with Gasteiger partial charge >= 0.3 is 0 Å². The Morgan fingerprint density at radius 3 is 2.37 bits per heavy atom. The molecule has 6 rings (SSSR count). The fourth-order valence-electron chi connectivity index (χ4n) is 6.32. The van der Waals surface area contributed by atoms with Crippen LogP contribution in [0.5, 0.6) is 5.75 Å². The van der Waals surface area contributed by atoms with Crippen LogP contribution in [-0.4, -0.2) is 18.4 Å². The van der Waals surface area contributed by atoms with Crippen molar-refractivity contribution in [3.63, 3.8) is 0 Å². The average Bonchev–Trinajstić information content (AvgIpc) is 3.13. The lowest BCUT2D eigenvalue weighted by Crippen LogP contribution is -2.16. The fourth-order valence-corrected chi connectivity index (χ4v) is 6.92. The Hall–Kier alpha value is -3.11. The summed E-state index contributed by atoms with van der Waals surface area (Å²) >= 11 is 13.2. The minimum atomic E-state index is -0.103. The molecule has 1 heterocycles. The van der Waals surface area contributed by atoms with E-state index in [0.717, 1.165) is 45.1 Å². The van der Waals surface area contributed by atoms with E-state index >= 15 is 0 Å². The van der Waals surface area contributed by atoms with Crippen LogP contribution in [0.4, 0.5) is 0 Å². The molecule has 0 N–H and O–H groups in total. The van der Waals surface area contributed by atoms with Crippen LogP contribution in [0, 0.1) is 5.41 Å². The molecular weight excluding hydrogens is 549 g/mol. The van der Waals surface area contributed by atoms with E-state index in [1.54, 1.807) is 6.07 Å². The van der Waals surface area contributed by atoms with Crippen LogP contribution in [0.3, 0.4) is 0 Å². The van der Waals surface area contributed by atoms with E-state index in [0.29, 0.717) is 16.7 Å². The highest BCUT2D eigenvalue weighted by atomic mass is 35.5. The van der Waals surface area contributed by atoms with Gasteiger partial charge < -0.3 is 9.47 Å². The zero-order valence-electron chi connectivity index (χ0n) is 24.5. The van der Waals surface area contributed by atoms with Gasteiger partial charge in [-0.05, 0) is 93.6 Å². The Balaban J connectivity index is 1.72. The van der Waals surface area contributed by atoms with E-state index in [9.17, 15) is 0 Å². The Bertz CT molecular complexity index is 1820. The fraction of sp³-hybridized carbons (Fsp3) is 0.306. The van der Waals surface area contributed by atoms with Crippen molar-refractivity contribution in [1.29, 1.82) is 0 Å². The standard InChI is InChI=1S/C36H35Cl2NO2/c1-7-40-20-41-34-27(33-32-21(12-13-39-33)14-23(37)17-31(32)38)16-22-15-26-24-10-8-9-11-29(24)36(5,6)30(26)18-25(22)28(34)19-35(2,3)4/h8-18H,7,19-20H2,1-6H3. The van der Waals surface area contributed by atoms with E-state index in [1.807, 2.05) is 25.3 Å². The summed E-state index contributed by atoms with van der Waals surface area (Å²) in [6.07, 6.45) is 2.63. The molecule has 0 saturated carbocycles. The maximum absolute atomic E-state index is 6.84. The van der Waals surface area contributed by atoms with Crippen LogP contribution in [0.15, 0.2) is 66.9 Å². The van der Waals surface area contributed by atoms with Gasteiger partial charge in [-0.2, -0.15) is 0 Å². The van der Waals surface area contributed by atoms with Gasteiger partial charge in [-0.25, -0.2) is 0 Å². The minimum Gasteiger partial charge on any atom is -0.467 e. The summed E-state index contributed by atoms with van der Waals surface area (Å²) in [5.74, 6) is 0.792. The van der Waals surface area contributed by atoms with Crippen molar-refractivity contribution < 1.29 is 9.47 Å². The second-order valence-electron chi connectivity index (χ2n) is 12.7. The van der Waals surface area contributed by atoms with E-state index in [2.05, 4.69) is 77.1 Å². The molecule has 0 amide bonds. The first-order valence-corrected chi connectivity index (χ1v) is 14.9. The number of fused-ring (bicyclic) bond motifs is 5. The molecule has 3 nitrogen and oxygen atoms in total. The van der Waals surface area contributed by atoms with Crippen LogP contribution in [0.25, 0.3) is 43.9 Å². The number of aromatic nitrogens is 1. The molecule has 41 heavy (non-hydrogen) atoms. The molecule has 210 valence electrons. The number of nitrogens with zero attached hydrogens (tertiary/aromatic N) is 1. The third-order valence-electron chi connectivity index (χ3n) is 8.13. The molecular formula is C36H35Cl2NO2. The SMILES string of the molecule is CCOCOc1c(-c2nccc3cc(Cl)cc(Cl)c23)cc2cc3c(cc2c1CC(C)(C)C)C(C)(C)c1ccccc1-3. The Morgan fingerprint density at radius 2 is 1.61 bits per heavy atom. The third kappa shape index (κ3) is 4.88. The van der Waals surface area contributed by atoms with Crippen molar-refractivity contribution in [2.75, 3.05) is 13.4 Å². The Kier molecular flexibility index (Phi) is 7.05. The van der Waals surface area contributed by atoms with E-state index in [4.69, 9.17) is 37.7 Å². The van der Waals surface area contributed by atoms with Gasteiger partial charge in [-0.1, -0.05) is 82.1 Å². The van der Waals surface area contributed by atoms with Gasteiger partial charge in [0, 0.05) is 39.8 Å². The quantitative estimate of drug-likeness (QED) is 0.147. The third-order valence-corrected chi connectivity index (χ3v) is 8.65. The molecule has 0 radical (unpaired) electrons. The summed E-state index contributed by atoms with van der Waals surface area (Å²) < 4.78 is 12.2. The van der Waals surface area contributed by atoms with E-state index in [1.165, 1.54) is 27.6 Å². The molecule has 0 spiro atoms. The molecule has 0 saturated heterocycles. The van der Waals surface area contributed by atoms with Crippen LogP contribution >= 0.6 is 23.2 Å². The second-order valence-corrected chi connectivity index (χ2v) is 13.5. The summed E-state index contributed by atoms with van der Waals surface area (Å²) in [6.45, 7) is 14.1. The molecule has 0 fully saturated rings. The molecule has 1 aliphatic rings. The van der Waals surface area contributed by atoms with Crippen LogP contribution in [0.2, 0.25) is 10.0 Å². The van der Waals surface area contributed by atoms with Crippen molar-refractivity contribution in [3.05, 3.63) is 93.6 Å². The van der Waals surface area contributed by atoms with Crippen LogP contribution < -0.4 is 4.74 Å². The lowest BCUT2D eigenvalue weighted by atomic mass is 9.79. The van der Waals surface area contributed by atoms with Gasteiger partial charge in [-0.15, -0.1) is 0 Å². The van der Waals surface area contributed by atoms with Gasteiger partial charge in [0.05, 0.1) is 10.7 Å². The van der Waals surface area contributed by atoms with Crippen LogP contribution in [-0.2, 0) is 16.6 Å². The molecule has 4 aromatic carbocycles. The van der Waals surface area contributed by atoms with Crippen molar-refractivity contribution in [1.82, 2.24) is 4.98 Å². The first-order chi connectivity index (χ1) is 19.5. The lowest BCUT2D eigenvalue weighted by Gasteiger charge is -2.26. The number of benzene rings is 4. The predicted octanol–water partition coefficient (Wildman–Crippen LogP) is 10.6.